The number of nitrogens with zero attached hydrogens (tertiary/aromatic N) is 1. The molecule has 1 heterocycles. The first-order valence-electron chi connectivity index (χ1n) is 8.64. The molecule has 0 fully saturated rings. The zero-order chi connectivity index (χ0) is 16.4. The number of benzene rings is 3. The van der Waals surface area contributed by atoms with Crippen LogP contribution < -0.4 is 0 Å². The number of fused-ring (bicyclic) bond motifs is 3. The van der Waals surface area contributed by atoms with Crippen molar-refractivity contribution in [3.8, 4) is 11.3 Å². The number of pyridine rings is 1. The van der Waals surface area contributed by atoms with Crippen molar-refractivity contribution in [2.45, 2.75) is 26.2 Å². The van der Waals surface area contributed by atoms with Gasteiger partial charge in [0.15, 0.2) is 0 Å². The summed E-state index contributed by atoms with van der Waals surface area (Å²) < 4.78 is 0. The van der Waals surface area contributed by atoms with Crippen molar-refractivity contribution in [3.63, 3.8) is 0 Å². The smallest absolute Gasteiger partial charge is 0.0167 e. The summed E-state index contributed by atoms with van der Waals surface area (Å²) in [5.74, 6) is 0. The van der Waals surface area contributed by atoms with Crippen LogP contribution in [0.2, 0.25) is 0 Å². The molecule has 0 N–H and O–H groups in total. The third-order valence-electron chi connectivity index (χ3n) is 4.62. The van der Waals surface area contributed by atoms with E-state index in [9.17, 15) is 0 Å². The minimum absolute atomic E-state index is 0. The zero-order valence-electron chi connectivity index (χ0n) is 14.3. The number of aryl methyl sites for hydroxylation is 1. The minimum Gasteiger partial charge on any atom is -0.304 e. The summed E-state index contributed by atoms with van der Waals surface area (Å²) in [5.41, 5.74) is 3.43. The average Bonchev–Trinajstić information content (AvgIpc) is 2.66. The van der Waals surface area contributed by atoms with Crippen molar-refractivity contribution in [2.75, 3.05) is 0 Å². The van der Waals surface area contributed by atoms with Crippen LogP contribution in [0.5, 0.6) is 0 Å². The normalized spacial score (nSPS) is 10.8. The summed E-state index contributed by atoms with van der Waals surface area (Å²) in [6.45, 7) is 2.22. The summed E-state index contributed by atoms with van der Waals surface area (Å²) in [6.07, 6.45) is 5.48. The van der Waals surface area contributed by atoms with Crippen LogP contribution in [-0.2, 0) is 26.5 Å². The van der Waals surface area contributed by atoms with Gasteiger partial charge in [-0.1, -0.05) is 62.6 Å². The Balaban J connectivity index is 0.00000182. The van der Waals surface area contributed by atoms with E-state index in [1.807, 2.05) is 6.20 Å². The van der Waals surface area contributed by atoms with Gasteiger partial charge in [-0.25, -0.2) is 0 Å². The molecule has 0 aliphatic carbocycles. The van der Waals surface area contributed by atoms with Gasteiger partial charge in [0.05, 0.1) is 0 Å². The molecule has 0 saturated heterocycles. The number of rotatable bonds is 4. The van der Waals surface area contributed by atoms with E-state index in [1.165, 1.54) is 39.9 Å². The second-order valence-electron chi connectivity index (χ2n) is 6.26. The molecule has 0 amide bonds. The maximum Gasteiger partial charge on any atom is 0.0167 e. The van der Waals surface area contributed by atoms with Crippen LogP contribution >= 0.6 is 0 Å². The van der Waals surface area contributed by atoms with Gasteiger partial charge in [-0.05, 0) is 33.3 Å². The Labute approximate surface area is 162 Å². The molecule has 0 saturated carbocycles. The summed E-state index contributed by atoms with van der Waals surface area (Å²) in [5, 5.41) is 4.98. The monoisotopic (exact) mass is 503 g/mol. The molecule has 0 unspecified atom stereocenters. The van der Waals surface area contributed by atoms with E-state index < -0.39 is 0 Å². The standard InChI is InChI=1S/C23H20N.Ir/c1-2-3-6-17-9-11-19(12-10-17)23-22-14-13-18-7-4-5-8-20(18)21(22)15-16-24-23;/h4-5,7-11,13-16H,2-3,6H2,1H3;/q-1;. The van der Waals surface area contributed by atoms with E-state index in [4.69, 9.17) is 0 Å². The van der Waals surface area contributed by atoms with E-state index in [2.05, 4.69) is 78.6 Å². The topological polar surface area (TPSA) is 12.9 Å². The largest absolute Gasteiger partial charge is 0.304 e. The number of unbranched alkanes of at least 4 members (excludes halogenated alkanes) is 1. The first kappa shape index (κ1) is 17.8. The van der Waals surface area contributed by atoms with Crippen LogP contribution in [-0.4, -0.2) is 4.98 Å². The van der Waals surface area contributed by atoms with Crippen molar-refractivity contribution in [3.05, 3.63) is 78.5 Å². The first-order valence-corrected chi connectivity index (χ1v) is 8.64. The third kappa shape index (κ3) is 3.51. The van der Waals surface area contributed by atoms with Crippen LogP contribution in [0.25, 0.3) is 32.8 Å². The molecule has 0 aliphatic heterocycles. The second-order valence-corrected chi connectivity index (χ2v) is 6.26. The molecule has 1 nitrogen and oxygen atoms in total. The Bertz CT molecular complexity index is 990. The molecule has 0 atom stereocenters. The SMILES string of the molecule is CCCCc1c[c-]c(-c2nccc3c2ccc2ccccc23)cc1.[Ir]. The Kier molecular flexibility index (Phi) is 5.63. The molecule has 1 aromatic heterocycles. The average molecular weight is 503 g/mol. The molecular formula is C23H20IrN-. The Morgan fingerprint density at radius 3 is 2.56 bits per heavy atom. The van der Waals surface area contributed by atoms with Gasteiger partial charge in [-0.2, -0.15) is 0 Å². The predicted molar refractivity (Wildman–Crippen MR) is 102 cm³/mol. The molecule has 2 heteroatoms. The van der Waals surface area contributed by atoms with E-state index in [-0.39, 0.29) is 20.1 Å². The number of aromatic nitrogens is 1. The van der Waals surface area contributed by atoms with Crippen molar-refractivity contribution in [1.82, 2.24) is 4.98 Å². The van der Waals surface area contributed by atoms with Gasteiger partial charge in [0, 0.05) is 26.3 Å². The van der Waals surface area contributed by atoms with Crippen LogP contribution in [0, 0.1) is 6.07 Å². The summed E-state index contributed by atoms with van der Waals surface area (Å²) in [4.78, 5) is 4.64. The fourth-order valence-corrected chi connectivity index (χ4v) is 3.29. The molecule has 25 heavy (non-hydrogen) atoms. The molecule has 0 aliphatic rings. The summed E-state index contributed by atoms with van der Waals surface area (Å²) in [6, 6.07) is 24.9. The van der Waals surface area contributed by atoms with E-state index in [0.29, 0.717) is 0 Å². The van der Waals surface area contributed by atoms with Gasteiger partial charge in [-0.15, -0.1) is 35.4 Å². The van der Waals surface area contributed by atoms with Gasteiger partial charge in [0.25, 0.3) is 0 Å². The van der Waals surface area contributed by atoms with Crippen molar-refractivity contribution in [1.29, 1.82) is 0 Å². The van der Waals surface area contributed by atoms with Crippen molar-refractivity contribution >= 4 is 21.5 Å². The van der Waals surface area contributed by atoms with Gasteiger partial charge in [0.1, 0.15) is 0 Å². The predicted octanol–water partition coefficient (Wildman–Crippen LogP) is 6.20. The van der Waals surface area contributed by atoms with Gasteiger partial charge in [-0.3, -0.25) is 0 Å². The molecule has 3 aromatic carbocycles. The maximum absolute atomic E-state index is 4.64. The summed E-state index contributed by atoms with van der Waals surface area (Å²) >= 11 is 0. The van der Waals surface area contributed by atoms with Gasteiger partial charge < -0.3 is 4.98 Å². The first-order chi connectivity index (χ1) is 11.9. The van der Waals surface area contributed by atoms with Crippen molar-refractivity contribution in [2.24, 2.45) is 0 Å². The summed E-state index contributed by atoms with van der Waals surface area (Å²) in [7, 11) is 0. The minimum atomic E-state index is 0. The molecule has 4 aromatic rings. The number of hydrogen-bond donors (Lipinski definition) is 0. The van der Waals surface area contributed by atoms with Crippen molar-refractivity contribution < 1.29 is 20.1 Å². The fraction of sp³-hybridized carbons (Fsp3) is 0.174. The molecule has 127 valence electrons. The van der Waals surface area contributed by atoms with E-state index >= 15 is 0 Å². The quantitative estimate of drug-likeness (QED) is 0.239. The molecule has 0 spiro atoms. The van der Waals surface area contributed by atoms with E-state index in [0.717, 1.165) is 17.7 Å². The van der Waals surface area contributed by atoms with Crippen LogP contribution in [0.3, 0.4) is 0 Å². The Morgan fingerprint density at radius 2 is 1.76 bits per heavy atom. The van der Waals surface area contributed by atoms with Gasteiger partial charge in [0.2, 0.25) is 0 Å². The van der Waals surface area contributed by atoms with Crippen LogP contribution in [0.15, 0.2) is 66.9 Å². The molecule has 0 bridgehead atoms. The van der Waals surface area contributed by atoms with Gasteiger partial charge >= 0.3 is 0 Å². The van der Waals surface area contributed by atoms with Crippen LogP contribution in [0.1, 0.15) is 25.3 Å². The zero-order valence-corrected chi connectivity index (χ0v) is 16.6. The Hall–Kier alpha value is -2.02. The molecule has 4 rings (SSSR count). The van der Waals surface area contributed by atoms with Crippen LogP contribution in [0.4, 0.5) is 0 Å². The third-order valence-corrected chi connectivity index (χ3v) is 4.62. The Morgan fingerprint density at radius 1 is 0.880 bits per heavy atom. The molecular weight excluding hydrogens is 482 g/mol. The molecule has 1 radical (unpaired) electrons. The second kappa shape index (κ2) is 7.91. The number of hydrogen-bond acceptors (Lipinski definition) is 1. The maximum atomic E-state index is 4.64. The van der Waals surface area contributed by atoms with E-state index in [1.54, 1.807) is 0 Å². The fourth-order valence-electron chi connectivity index (χ4n) is 3.29.